The molecule has 5 nitrogen and oxygen atoms in total. The first-order chi connectivity index (χ1) is 14.0. The first-order valence-electron chi connectivity index (χ1n) is 11.3. The summed E-state index contributed by atoms with van der Waals surface area (Å²) >= 11 is 0. The zero-order valence-electron chi connectivity index (χ0n) is 18.0. The van der Waals surface area contributed by atoms with Gasteiger partial charge in [0, 0.05) is 31.5 Å². The standard InChI is InChI=1S/C24H36N2O3/c1-23(2)12-6-9-21(23)26(17-19-7-4-3-5-8-19)18-22(27)25-20-10-13-24(14-11-20)28-15-16-29-24/h3-5,7-8,20-21H,6,9-18H2,1-2H3,(H,25,27)/t21-/m0/s1. The third kappa shape index (κ3) is 5.01. The zero-order chi connectivity index (χ0) is 20.3. The number of amides is 1. The van der Waals surface area contributed by atoms with Gasteiger partial charge in [-0.05, 0) is 36.7 Å². The number of hydrogen-bond acceptors (Lipinski definition) is 4. The highest BCUT2D eigenvalue weighted by atomic mass is 16.7. The molecule has 4 rings (SSSR count). The van der Waals surface area contributed by atoms with Crippen LogP contribution >= 0.6 is 0 Å². The number of carbonyl (C=O) groups excluding carboxylic acids is 1. The molecule has 1 aliphatic heterocycles. The molecular weight excluding hydrogens is 364 g/mol. The summed E-state index contributed by atoms with van der Waals surface area (Å²) in [6.45, 7) is 7.40. The van der Waals surface area contributed by atoms with Crippen LogP contribution < -0.4 is 5.32 Å². The molecule has 1 amide bonds. The second kappa shape index (κ2) is 8.75. The van der Waals surface area contributed by atoms with Crippen LogP contribution in [0.3, 0.4) is 0 Å². The van der Waals surface area contributed by atoms with Gasteiger partial charge in [0.15, 0.2) is 5.79 Å². The fourth-order valence-corrected chi connectivity index (χ4v) is 5.52. The Kier molecular flexibility index (Phi) is 6.28. The summed E-state index contributed by atoms with van der Waals surface area (Å²) in [7, 11) is 0. The highest BCUT2D eigenvalue weighted by Gasteiger charge is 2.41. The highest BCUT2D eigenvalue weighted by Crippen LogP contribution is 2.41. The molecule has 3 fully saturated rings. The Bertz CT molecular complexity index is 675. The summed E-state index contributed by atoms with van der Waals surface area (Å²) in [6.07, 6.45) is 7.26. The zero-order valence-corrected chi connectivity index (χ0v) is 18.0. The van der Waals surface area contributed by atoms with Gasteiger partial charge in [0.25, 0.3) is 0 Å². The van der Waals surface area contributed by atoms with Crippen LogP contribution in [-0.2, 0) is 20.8 Å². The second-order valence-corrected chi connectivity index (χ2v) is 9.74. The minimum atomic E-state index is -0.367. The maximum absolute atomic E-state index is 13.0. The summed E-state index contributed by atoms with van der Waals surface area (Å²) in [5, 5.41) is 3.30. The molecule has 29 heavy (non-hydrogen) atoms. The van der Waals surface area contributed by atoms with Crippen molar-refractivity contribution in [3.05, 3.63) is 35.9 Å². The molecular formula is C24H36N2O3. The summed E-state index contributed by atoms with van der Waals surface area (Å²) in [5.74, 6) is -0.216. The van der Waals surface area contributed by atoms with Gasteiger partial charge in [0.2, 0.25) is 5.91 Å². The molecule has 0 unspecified atom stereocenters. The van der Waals surface area contributed by atoms with Gasteiger partial charge in [-0.1, -0.05) is 50.6 Å². The van der Waals surface area contributed by atoms with Crippen LogP contribution in [-0.4, -0.2) is 48.4 Å². The molecule has 2 aliphatic carbocycles. The molecule has 1 N–H and O–H groups in total. The molecule has 160 valence electrons. The third-order valence-electron chi connectivity index (χ3n) is 7.14. The molecule has 1 heterocycles. The molecule has 1 spiro atoms. The Morgan fingerprint density at radius 1 is 1.07 bits per heavy atom. The molecule has 1 aromatic carbocycles. The summed E-state index contributed by atoms with van der Waals surface area (Å²) < 4.78 is 11.6. The Morgan fingerprint density at radius 3 is 2.38 bits per heavy atom. The van der Waals surface area contributed by atoms with E-state index in [1.165, 1.54) is 24.8 Å². The van der Waals surface area contributed by atoms with Gasteiger partial charge < -0.3 is 14.8 Å². The number of nitrogens with one attached hydrogen (secondary N) is 1. The average Bonchev–Trinajstić information content (AvgIpc) is 3.30. The largest absolute Gasteiger partial charge is 0.352 e. The van der Waals surface area contributed by atoms with Crippen LogP contribution in [0.15, 0.2) is 30.3 Å². The molecule has 2 saturated carbocycles. The predicted octanol–water partition coefficient (Wildman–Crippen LogP) is 3.87. The maximum atomic E-state index is 13.0. The molecule has 1 aromatic rings. The lowest BCUT2D eigenvalue weighted by atomic mass is 9.86. The van der Waals surface area contributed by atoms with Gasteiger partial charge in [0.1, 0.15) is 0 Å². The van der Waals surface area contributed by atoms with E-state index < -0.39 is 0 Å². The number of hydrogen-bond donors (Lipinski definition) is 1. The number of benzene rings is 1. The van der Waals surface area contributed by atoms with Gasteiger partial charge in [-0.15, -0.1) is 0 Å². The lowest BCUT2D eigenvalue weighted by molar-refractivity contribution is -0.180. The predicted molar refractivity (Wildman–Crippen MR) is 113 cm³/mol. The van der Waals surface area contributed by atoms with E-state index in [9.17, 15) is 4.79 Å². The van der Waals surface area contributed by atoms with Crippen LogP contribution in [0.2, 0.25) is 0 Å². The highest BCUT2D eigenvalue weighted by molar-refractivity contribution is 5.78. The topological polar surface area (TPSA) is 50.8 Å². The van der Waals surface area contributed by atoms with E-state index in [0.29, 0.717) is 25.8 Å². The lowest BCUT2D eigenvalue weighted by Crippen LogP contribution is -2.50. The van der Waals surface area contributed by atoms with Crippen LogP contribution in [0.5, 0.6) is 0 Å². The van der Waals surface area contributed by atoms with Gasteiger partial charge in [0.05, 0.1) is 19.8 Å². The smallest absolute Gasteiger partial charge is 0.234 e. The minimum Gasteiger partial charge on any atom is -0.352 e. The Hall–Kier alpha value is -1.43. The quantitative estimate of drug-likeness (QED) is 0.788. The van der Waals surface area contributed by atoms with Crippen molar-refractivity contribution in [1.82, 2.24) is 10.2 Å². The summed E-state index contributed by atoms with van der Waals surface area (Å²) in [6, 6.07) is 11.2. The first-order valence-corrected chi connectivity index (χ1v) is 11.3. The van der Waals surface area contributed by atoms with E-state index in [1.54, 1.807) is 0 Å². The van der Waals surface area contributed by atoms with Crippen molar-refractivity contribution >= 4 is 5.91 Å². The molecule has 0 aromatic heterocycles. The monoisotopic (exact) mass is 400 g/mol. The number of ether oxygens (including phenoxy) is 2. The van der Waals surface area contributed by atoms with Crippen LogP contribution in [0.1, 0.15) is 64.4 Å². The molecule has 5 heteroatoms. The first kappa shape index (κ1) is 20.8. The Balaban J connectivity index is 1.36. The summed E-state index contributed by atoms with van der Waals surface area (Å²) in [5.41, 5.74) is 1.53. The molecule has 0 bridgehead atoms. The summed E-state index contributed by atoms with van der Waals surface area (Å²) in [4.78, 5) is 15.4. The van der Waals surface area contributed by atoms with Crippen LogP contribution in [0.4, 0.5) is 0 Å². The average molecular weight is 401 g/mol. The molecule has 1 saturated heterocycles. The number of nitrogens with zero attached hydrogens (tertiary/aromatic N) is 1. The SMILES string of the molecule is CC1(C)CCC[C@@H]1N(CC(=O)NC1CCC2(CC1)OCCO2)Cc1ccccc1. The van der Waals surface area contributed by atoms with Gasteiger partial charge in [-0.3, -0.25) is 9.69 Å². The van der Waals surface area contributed by atoms with Crippen molar-refractivity contribution in [2.45, 2.75) is 83.2 Å². The second-order valence-electron chi connectivity index (χ2n) is 9.74. The Morgan fingerprint density at radius 2 is 1.76 bits per heavy atom. The van der Waals surface area contributed by atoms with Crippen molar-refractivity contribution in [3.8, 4) is 0 Å². The minimum absolute atomic E-state index is 0.151. The van der Waals surface area contributed by atoms with E-state index in [2.05, 4.69) is 48.3 Å². The van der Waals surface area contributed by atoms with Crippen molar-refractivity contribution in [2.24, 2.45) is 5.41 Å². The third-order valence-corrected chi connectivity index (χ3v) is 7.14. The fraction of sp³-hybridized carbons (Fsp3) is 0.708. The Labute approximate surface area is 175 Å². The van der Waals surface area contributed by atoms with E-state index in [1.807, 2.05) is 6.07 Å². The van der Waals surface area contributed by atoms with Crippen molar-refractivity contribution < 1.29 is 14.3 Å². The van der Waals surface area contributed by atoms with Crippen molar-refractivity contribution in [3.63, 3.8) is 0 Å². The normalized spacial score (nSPS) is 26.2. The van der Waals surface area contributed by atoms with Crippen LogP contribution in [0, 0.1) is 5.41 Å². The van der Waals surface area contributed by atoms with Gasteiger partial charge >= 0.3 is 0 Å². The number of carbonyl (C=O) groups is 1. The van der Waals surface area contributed by atoms with Gasteiger partial charge in [-0.25, -0.2) is 0 Å². The fourth-order valence-electron chi connectivity index (χ4n) is 5.52. The maximum Gasteiger partial charge on any atom is 0.234 e. The molecule has 3 aliphatic rings. The lowest BCUT2D eigenvalue weighted by Gasteiger charge is -2.38. The van der Waals surface area contributed by atoms with E-state index in [-0.39, 0.29) is 23.2 Å². The van der Waals surface area contributed by atoms with E-state index >= 15 is 0 Å². The van der Waals surface area contributed by atoms with E-state index in [0.717, 1.165) is 32.2 Å². The number of rotatable bonds is 6. The van der Waals surface area contributed by atoms with Crippen molar-refractivity contribution in [1.29, 1.82) is 0 Å². The van der Waals surface area contributed by atoms with Crippen molar-refractivity contribution in [2.75, 3.05) is 19.8 Å². The molecule has 1 atom stereocenters. The van der Waals surface area contributed by atoms with Gasteiger partial charge in [-0.2, -0.15) is 0 Å². The van der Waals surface area contributed by atoms with Crippen LogP contribution in [0.25, 0.3) is 0 Å². The molecule has 0 radical (unpaired) electrons. The van der Waals surface area contributed by atoms with E-state index in [4.69, 9.17) is 9.47 Å².